The summed E-state index contributed by atoms with van der Waals surface area (Å²) in [5.74, 6) is -0.935. The van der Waals surface area contributed by atoms with E-state index >= 15 is 0 Å². The van der Waals surface area contributed by atoms with Crippen LogP contribution >= 0.6 is 0 Å². The average molecular weight is 288 g/mol. The van der Waals surface area contributed by atoms with Crippen molar-refractivity contribution in [2.24, 2.45) is 5.73 Å². The van der Waals surface area contributed by atoms with E-state index < -0.39 is 5.82 Å². The van der Waals surface area contributed by atoms with E-state index in [4.69, 9.17) is 5.73 Å². The number of carbonyl (C=O) groups is 1. The summed E-state index contributed by atoms with van der Waals surface area (Å²) in [6.07, 6.45) is 0.197. The summed E-state index contributed by atoms with van der Waals surface area (Å²) >= 11 is 0. The van der Waals surface area contributed by atoms with E-state index in [-0.39, 0.29) is 24.1 Å². The van der Waals surface area contributed by atoms with Gasteiger partial charge in [-0.15, -0.1) is 0 Å². The van der Waals surface area contributed by atoms with Gasteiger partial charge >= 0.3 is 0 Å². The van der Waals surface area contributed by atoms with Crippen LogP contribution in [0.3, 0.4) is 0 Å². The highest BCUT2D eigenvalue weighted by atomic mass is 19.1. The normalized spacial score (nSPS) is 11.9. The van der Waals surface area contributed by atoms with Crippen molar-refractivity contribution in [1.82, 2.24) is 0 Å². The Balaban J connectivity index is 2.08. The Kier molecular flexibility index (Phi) is 4.42. The van der Waals surface area contributed by atoms with Gasteiger partial charge in [0.25, 0.3) is 0 Å². The highest BCUT2D eigenvalue weighted by Crippen LogP contribution is 2.24. The Morgan fingerprint density at radius 2 is 1.95 bits per heavy atom. The summed E-state index contributed by atoms with van der Waals surface area (Å²) in [6, 6.07) is 11.0. The molecule has 0 spiro atoms. The fourth-order valence-electron chi connectivity index (χ4n) is 2.11. The molecule has 2 aromatic rings. The molecule has 0 heterocycles. The van der Waals surface area contributed by atoms with E-state index in [0.29, 0.717) is 5.56 Å². The maximum Gasteiger partial charge on any atom is 0.221 e. The van der Waals surface area contributed by atoms with Gasteiger partial charge in [0.05, 0.1) is 12.5 Å². The number of phenolic OH excluding ortho intramolecular Hbond substituents is 1. The minimum absolute atomic E-state index is 0.0979. The van der Waals surface area contributed by atoms with Crippen LogP contribution in [0.25, 0.3) is 0 Å². The van der Waals surface area contributed by atoms with Crippen LogP contribution in [0, 0.1) is 5.82 Å². The topological polar surface area (TPSA) is 75.3 Å². The lowest BCUT2D eigenvalue weighted by atomic mass is 10.1. The molecule has 0 aliphatic heterocycles. The first-order chi connectivity index (χ1) is 9.95. The fraction of sp³-hybridized carbons (Fsp3) is 0.188. The maximum atomic E-state index is 13.8. The number of benzene rings is 2. The molecule has 1 unspecified atom stereocenters. The quantitative estimate of drug-likeness (QED) is 0.792. The second-order valence-electron chi connectivity index (χ2n) is 4.91. The number of phenols is 1. The molecule has 0 aromatic heterocycles. The van der Waals surface area contributed by atoms with Gasteiger partial charge in [0.2, 0.25) is 5.91 Å². The fourth-order valence-corrected chi connectivity index (χ4v) is 2.11. The zero-order valence-electron chi connectivity index (χ0n) is 11.6. The van der Waals surface area contributed by atoms with Crippen LogP contribution in [-0.2, 0) is 11.2 Å². The standard InChI is InChI=1S/C16H17FN2O2/c1-10(14-7-6-13(20)9-15(14)17)19-12-4-2-11(3-5-12)8-16(18)21/h2-7,9-10,19-20H,8H2,1H3,(H2,18,21). The number of anilines is 1. The molecule has 5 heteroatoms. The van der Waals surface area contributed by atoms with Gasteiger partial charge in [0, 0.05) is 17.3 Å². The smallest absolute Gasteiger partial charge is 0.221 e. The summed E-state index contributed by atoms with van der Waals surface area (Å²) in [7, 11) is 0. The molecule has 1 atom stereocenters. The SMILES string of the molecule is CC(Nc1ccc(CC(N)=O)cc1)c1ccc(O)cc1F. The van der Waals surface area contributed by atoms with Crippen molar-refractivity contribution >= 4 is 11.6 Å². The first-order valence-corrected chi connectivity index (χ1v) is 6.58. The Hall–Kier alpha value is -2.56. The van der Waals surface area contributed by atoms with Crippen molar-refractivity contribution in [2.45, 2.75) is 19.4 Å². The minimum Gasteiger partial charge on any atom is -0.508 e. The number of hydrogen-bond donors (Lipinski definition) is 3. The van der Waals surface area contributed by atoms with Gasteiger partial charge in [-0.25, -0.2) is 4.39 Å². The predicted octanol–water partition coefficient (Wildman–Crippen LogP) is 2.73. The molecule has 0 fully saturated rings. The molecule has 0 aliphatic rings. The number of hydrogen-bond acceptors (Lipinski definition) is 3. The Morgan fingerprint density at radius 3 is 2.52 bits per heavy atom. The number of halogens is 1. The molecule has 4 nitrogen and oxygen atoms in total. The average Bonchev–Trinajstić information content (AvgIpc) is 2.40. The second-order valence-corrected chi connectivity index (χ2v) is 4.91. The molecule has 0 bridgehead atoms. The third-order valence-corrected chi connectivity index (χ3v) is 3.17. The number of rotatable bonds is 5. The van der Waals surface area contributed by atoms with Crippen molar-refractivity contribution in [1.29, 1.82) is 0 Å². The third-order valence-electron chi connectivity index (χ3n) is 3.17. The lowest BCUT2D eigenvalue weighted by Gasteiger charge is -2.16. The van der Waals surface area contributed by atoms with Crippen LogP contribution in [0.15, 0.2) is 42.5 Å². The monoisotopic (exact) mass is 288 g/mol. The van der Waals surface area contributed by atoms with Gasteiger partial charge in [-0.1, -0.05) is 18.2 Å². The molecule has 110 valence electrons. The Bertz CT molecular complexity index is 641. The van der Waals surface area contributed by atoms with E-state index in [1.54, 1.807) is 18.2 Å². The number of primary amides is 1. The number of amides is 1. The van der Waals surface area contributed by atoms with Crippen molar-refractivity contribution in [3.63, 3.8) is 0 Å². The van der Waals surface area contributed by atoms with E-state index in [9.17, 15) is 14.3 Å². The summed E-state index contributed by atoms with van der Waals surface area (Å²) < 4.78 is 13.8. The van der Waals surface area contributed by atoms with Crippen molar-refractivity contribution < 1.29 is 14.3 Å². The molecule has 0 saturated carbocycles. The molecule has 0 aliphatic carbocycles. The molecule has 0 radical (unpaired) electrons. The van der Waals surface area contributed by atoms with Crippen LogP contribution in [0.1, 0.15) is 24.1 Å². The molecule has 1 amide bonds. The summed E-state index contributed by atoms with van der Waals surface area (Å²) in [4.78, 5) is 10.8. The number of nitrogens with two attached hydrogens (primary N) is 1. The van der Waals surface area contributed by atoms with Gasteiger partial charge in [-0.05, 0) is 30.7 Å². The van der Waals surface area contributed by atoms with Crippen molar-refractivity contribution in [3.05, 3.63) is 59.4 Å². The lowest BCUT2D eigenvalue weighted by molar-refractivity contribution is -0.117. The van der Waals surface area contributed by atoms with E-state index in [0.717, 1.165) is 17.3 Å². The van der Waals surface area contributed by atoms with Gasteiger partial charge in [-0.2, -0.15) is 0 Å². The van der Waals surface area contributed by atoms with Crippen molar-refractivity contribution in [3.8, 4) is 5.75 Å². The van der Waals surface area contributed by atoms with Crippen LogP contribution < -0.4 is 11.1 Å². The largest absolute Gasteiger partial charge is 0.508 e. The first kappa shape index (κ1) is 14.8. The number of aromatic hydroxyl groups is 1. The van der Waals surface area contributed by atoms with Gasteiger partial charge in [0.15, 0.2) is 0 Å². The molecular formula is C16H17FN2O2. The minimum atomic E-state index is -0.458. The Labute approximate surface area is 122 Å². The molecule has 21 heavy (non-hydrogen) atoms. The molecule has 0 saturated heterocycles. The third kappa shape index (κ3) is 3.95. The summed E-state index contributed by atoms with van der Waals surface area (Å²) in [5, 5.41) is 12.4. The van der Waals surface area contributed by atoms with Gasteiger partial charge in [-0.3, -0.25) is 4.79 Å². The van der Waals surface area contributed by atoms with E-state index in [1.807, 2.05) is 19.1 Å². The van der Waals surface area contributed by atoms with Crippen LogP contribution in [0.2, 0.25) is 0 Å². The first-order valence-electron chi connectivity index (χ1n) is 6.58. The molecule has 2 aromatic carbocycles. The predicted molar refractivity (Wildman–Crippen MR) is 79.4 cm³/mol. The maximum absolute atomic E-state index is 13.8. The Morgan fingerprint density at radius 1 is 1.29 bits per heavy atom. The zero-order chi connectivity index (χ0) is 15.4. The van der Waals surface area contributed by atoms with E-state index in [1.165, 1.54) is 6.07 Å². The number of carbonyl (C=O) groups excluding carboxylic acids is 1. The van der Waals surface area contributed by atoms with E-state index in [2.05, 4.69) is 5.32 Å². The summed E-state index contributed by atoms with van der Waals surface area (Å²) in [5.41, 5.74) is 7.24. The molecule has 4 N–H and O–H groups in total. The van der Waals surface area contributed by atoms with Crippen LogP contribution in [0.4, 0.5) is 10.1 Å². The molecule has 2 rings (SSSR count). The highest BCUT2D eigenvalue weighted by Gasteiger charge is 2.11. The second kappa shape index (κ2) is 6.26. The summed E-state index contributed by atoms with van der Waals surface area (Å²) in [6.45, 7) is 1.83. The van der Waals surface area contributed by atoms with Crippen molar-refractivity contribution in [2.75, 3.05) is 5.32 Å². The van der Waals surface area contributed by atoms with Crippen LogP contribution in [-0.4, -0.2) is 11.0 Å². The van der Waals surface area contributed by atoms with Crippen LogP contribution in [0.5, 0.6) is 5.75 Å². The zero-order valence-corrected chi connectivity index (χ0v) is 11.6. The number of nitrogens with one attached hydrogen (secondary N) is 1. The van der Waals surface area contributed by atoms with Gasteiger partial charge in [0.1, 0.15) is 11.6 Å². The van der Waals surface area contributed by atoms with Gasteiger partial charge < -0.3 is 16.2 Å². The lowest BCUT2D eigenvalue weighted by Crippen LogP contribution is -2.13. The highest BCUT2D eigenvalue weighted by molar-refractivity contribution is 5.76. The molecular weight excluding hydrogens is 271 g/mol.